The number of nitrogens with one attached hydrogen (secondary N) is 2. The zero-order valence-corrected chi connectivity index (χ0v) is 18.9. The van der Waals surface area contributed by atoms with E-state index in [4.69, 9.17) is 16.3 Å². The highest BCUT2D eigenvalue weighted by Crippen LogP contribution is 2.35. The fraction of sp³-hybridized carbons (Fsp3) is 0.632. The summed E-state index contributed by atoms with van der Waals surface area (Å²) >= 11 is 5.52. The van der Waals surface area contributed by atoms with Gasteiger partial charge in [-0.05, 0) is 24.1 Å². The van der Waals surface area contributed by atoms with Crippen LogP contribution < -0.4 is 10.0 Å². The molecule has 1 aliphatic heterocycles. The number of hydrogen-bond acceptors (Lipinski definition) is 5. The number of alkyl halides is 3. The van der Waals surface area contributed by atoms with Crippen LogP contribution in [0.4, 0.5) is 13.2 Å². The molecule has 0 radical (unpaired) electrons. The molecule has 1 atom stereocenters. The molecule has 2 N–H and O–H groups in total. The molecule has 0 spiro atoms. The number of carbonyl (C=O) groups is 1. The summed E-state index contributed by atoms with van der Waals surface area (Å²) in [5, 5.41) is 2.21. The van der Waals surface area contributed by atoms with Crippen LogP contribution in [0.5, 0.6) is 0 Å². The van der Waals surface area contributed by atoms with Crippen molar-refractivity contribution in [3.8, 4) is 0 Å². The number of morpholine rings is 1. The monoisotopic (exact) mass is 485 g/mol. The molecule has 0 saturated carbocycles. The van der Waals surface area contributed by atoms with Crippen LogP contribution in [0.15, 0.2) is 23.1 Å². The van der Waals surface area contributed by atoms with E-state index in [1.165, 1.54) is 0 Å². The summed E-state index contributed by atoms with van der Waals surface area (Å²) in [6.07, 6.45) is -4.93. The normalized spacial score (nSPS) is 17.0. The Bertz CT molecular complexity index is 859. The standard InChI is InChI=1S/C19H27ClF3N3O4S/c1-13(2)17(26-7-9-30-10-8-26)12-24-18(27)5-6-25-31(28,29)14-3-4-16(20)15(11-14)19(21,22)23/h3-4,11,13,17,25H,5-10,12H2,1-2H3,(H,24,27). The minimum Gasteiger partial charge on any atom is -0.379 e. The van der Waals surface area contributed by atoms with E-state index in [0.717, 1.165) is 25.2 Å². The van der Waals surface area contributed by atoms with Gasteiger partial charge in [-0.15, -0.1) is 0 Å². The Kier molecular flexibility index (Phi) is 9.14. The summed E-state index contributed by atoms with van der Waals surface area (Å²) in [6.45, 7) is 7.11. The van der Waals surface area contributed by atoms with Gasteiger partial charge in [0.15, 0.2) is 0 Å². The van der Waals surface area contributed by atoms with E-state index >= 15 is 0 Å². The molecular formula is C19H27ClF3N3O4S. The molecule has 0 aromatic heterocycles. The summed E-state index contributed by atoms with van der Waals surface area (Å²) in [7, 11) is -4.23. The first-order valence-corrected chi connectivity index (χ1v) is 11.7. The summed E-state index contributed by atoms with van der Waals surface area (Å²) in [4.78, 5) is 13.8. The molecule has 1 unspecified atom stereocenters. The molecule has 1 amide bonds. The molecule has 1 saturated heterocycles. The number of sulfonamides is 1. The van der Waals surface area contributed by atoms with E-state index in [2.05, 4.69) is 28.8 Å². The van der Waals surface area contributed by atoms with E-state index in [9.17, 15) is 26.4 Å². The largest absolute Gasteiger partial charge is 0.417 e. The fourth-order valence-corrected chi connectivity index (χ4v) is 4.56. The molecule has 12 heteroatoms. The highest BCUT2D eigenvalue weighted by molar-refractivity contribution is 7.89. The number of rotatable bonds is 9. The number of benzene rings is 1. The van der Waals surface area contributed by atoms with Gasteiger partial charge in [-0.25, -0.2) is 13.1 Å². The van der Waals surface area contributed by atoms with Crippen LogP contribution in [0.2, 0.25) is 5.02 Å². The third kappa shape index (κ3) is 7.60. The van der Waals surface area contributed by atoms with Crippen molar-refractivity contribution >= 4 is 27.5 Å². The van der Waals surface area contributed by atoms with Gasteiger partial charge in [0.1, 0.15) is 0 Å². The van der Waals surface area contributed by atoms with Gasteiger partial charge in [-0.3, -0.25) is 9.69 Å². The Morgan fingerprint density at radius 1 is 1.26 bits per heavy atom. The van der Waals surface area contributed by atoms with Gasteiger partial charge in [0.05, 0.1) is 28.7 Å². The summed E-state index contributed by atoms with van der Waals surface area (Å²) in [5.74, 6) is -0.0571. The Balaban J connectivity index is 1.88. The van der Waals surface area contributed by atoms with E-state index in [1.807, 2.05) is 0 Å². The zero-order valence-electron chi connectivity index (χ0n) is 17.3. The second-order valence-corrected chi connectivity index (χ2v) is 9.73. The maximum atomic E-state index is 13.0. The number of ether oxygens (including phenoxy) is 1. The van der Waals surface area contributed by atoms with Crippen molar-refractivity contribution in [3.63, 3.8) is 0 Å². The Hall–Kier alpha value is -1.40. The topological polar surface area (TPSA) is 87.7 Å². The maximum absolute atomic E-state index is 13.0. The maximum Gasteiger partial charge on any atom is 0.417 e. The van der Waals surface area contributed by atoms with Crippen molar-refractivity contribution in [1.29, 1.82) is 0 Å². The van der Waals surface area contributed by atoms with Gasteiger partial charge >= 0.3 is 6.18 Å². The number of carbonyl (C=O) groups excluding carboxylic acids is 1. The van der Waals surface area contributed by atoms with Crippen molar-refractivity contribution < 1.29 is 31.1 Å². The molecule has 0 bridgehead atoms. The quantitative estimate of drug-likeness (QED) is 0.561. The lowest BCUT2D eigenvalue weighted by Crippen LogP contribution is -2.51. The Morgan fingerprint density at radius 3 is 2.48 bits per heavy atom. The number of hydrogen-bond donors (Lipinski definition) is 2. The minimum atomic E-state index is -4.78. The third-order valence-electron chi connectivity index (χ3n) is 4.99. The molecule has 1 heterocycles. The van der Waals surface area contributed by atoms with Crippen LogP contribution in [0, 0.1) is 5.92 Å². The van der Waals surface area contributed by atoms with Gasteiger partial charge in [0, 0.05) is 38.6 Å². The van der Waals surface area contributed by atoms with Crippen molar-refractivity contribution in [2.75, 3.05) is 39.4 Å². The van der Waals surface area contributed by atoms with Gasteiger partial charge in [-0.2, -0.15) is 13.2 Å². The van der Waals surface area contributed by atoms with Gasteiger partial charge < -0.3 is 10.1 Å². The second-order valence-electron chi connectivity index (χ2n) is 7.55. The molecule has 176 valence electrons. The summed E-state index contributed by atoms with van der Waals surface area (Å²) < 4.78 is 70.9. The molecular weight excluding hydrogens is 459 g/mol. The Morgan fingerprint density at radius 2 is 1.90 bits per heavy atom. The molecule has 31 heavy (non-hydrogen) atoms. The number of halogens is 4. The molecule has 1 aromatic carbocycles. The molecule has 7 nitrogen and oxygen atoms in total. The highest BCUT2D eigenvalue weighted by Gasteiger charge is 2.34. The first kappa shape index (κ1) is 25.9. The molecule has 0 aliphatic carbocycles. The SMILES string of the molecule is CC(C)C(CNC(=O)CCNS(=O)(=O)c1ccc(Cl)c(C(F)(F)F)c1)N1CCOCC1. The molecule has 1 aromatic rings. The second kappa shape index (κ2) is 11.0. The van der Waals surface area contributed by atoms with Crippen LogP contribution in [-0.2, 0) is 25.7 Å². The van der Waals surface area contributed by atoms with Crippen LogP contribution in [0.25, 0.3) is 0 Å². The third-order valence-corrected chi connectivity index (χ3v) is 6.78. The average molecular weight is 486 g/mol. The van der Waals surface area contributed by atoms with Crippen molar-refractivity contribution in [3.05, 3.63) is 28.8 Å². The van der Waals surface area contributed by atoms with Crippen LogP contribution in [-0.4, -0.2) is 64.7 Å². The lowest BCUT2D eigenvalue weighted by atomic mass is 10.0. The fourth-order valence-electron chi connectivity index (χ4n) is 3.27. The Labute approximate surface area is 185 Å². The van der Waals surface area contributed by atoms with Crippen LogP contribution in [0.1, 0.15) is 25.8 Å². The van der Waals surface area contributed by atoms with Crippen LogP contribution >= 0.6 is 11.6 Å². The van der Waals surface area contributed by atoms with E-state index < -0.39 is 31.7 Å². The first-order chi connectivity index (χ1) is 14.4. The average Bonchev–Trinajstić information content (AvgIpc) is 2.68. The van der Waals surface area contributed by atoms with Gasteiger partial charge in [0.2, 0.25) is 15.9 Å². The number of nitrogens with zero attached hydrogens (tertiary/aromatic N) is 1. The van der Waals surface area contributed by atoms with Crippen LogP contribution in [0.3, 0.4) is 0 Å². The first-order valence-electron chi connectivity index (χ1n) is 9.86. The molecule has 2 rings (SSSR count). The van der Waals surface area contributed by atoms with Crippen molar-refractivity contribution in [2.24, 2.45) is 5.92 Å². The van der Waals surface area contributed by atoms with E-state index in [1.54, 1.807) is 0 Å². The van der Waals surface area contributed by atoms with E-state index in [0.29, 0.717) is 31.7 Å². The number of amides is 1. The summed E-state index contributed by atoms with van der Waals surface area (Å²) in [5.41, 5.74) is -1.24. The molecule has 1 aliphatic rings. The predicted octanol–water partition coefficient (Wildman–Crippen LogP) is 2.50. The van der Waals surface area contributed by atoms with Crippen molar-refractivity contribution in [2.45, 2.75) is 37.4 Å². The minimum absolute atomic E-state index is 0.124. The molecule has 1 fully saturated rings. The smallest absolute Gasteiger partial charge is 0.379 e. The van der Waals surface area contributed by atoms with Gasteiger partial charge in [-0.1, -0.05) is 25.4 Å². The lowest BCUT2D eigenvalue weighted by Gasteiger charge is -2.36. The zero-order chi connectivity index (χ0) is 23.2. The van der Waals surface area contributed by atoms with Crippen molar-refractivity contribution in [1.82, 2.24) is 14.9 Å². The van der Waals surface area contributed by atoms with E-state index in [-0.39, 0.29) is 24.9 Å². The highest BCUT2D eigenvalue weighted by atomic mass is 35.5. The van der Waals surface area contributed by atoms with Gasteiger partial charge in [0.25, 0.3) is 0 Å². The predicted molar refractivity (Wildman–Crippen MR) is 110 cm³/mol. The summed E-state index contributed by atoms with van der Waals surface area (Å²) in [6, 6.07) is 2.46. The lowest BCUT2D eigenvalue weighted by molar-refractivity contribution is -0.137.